The van der Waals surface area contributed by atoms with Gasteiger partial charge in [-0.15, -0.1) is 23.2 Å². The highest BCUT2D eigenvalue weighted by molar-refractivity contribution is 6.21. The number of halogens is 5. The minimum atomic E-state index is -4.25. The Labute approximate surface area is 97.9 Å². The standard InChI is InChI=1S/C9H15Cl2F3O/c1-8(5-10,6-11)3-2-4-15-7-9(12,13)14/h2-7H2,1H3. The van der Waals surface area contributed by atoms with Crippen molar-refractivity contribution in [3.8, 4) is 0 Å². The summed E-state index contributed by atoms with van der Waals surface area (Å²) in [5.41, 5.74) is -0.218. The highest BCUT2D eigenvalue weighted by Crippen LogP contribution is 2.26. The fourth-order valence-corrected chi connectivity index (χ4v) is 1.51. The van der Waals surface area contributed by atoms with E-state index in [1.165, 1.54) is 0 Å². The van der Waals surface area contributed by atoms with Gasteiger partial charge in [0.15, 0.2) is 0 Å². The van der Waals surface area contributed by atoms with Gasteiger partial charge >= 0.3 is 6.18 Å². The molecule has 6 heteroatoms. The van der Waals surface area contributed by atoms with Gasteiger partial charge in [0.05, 0.1) is 0 Å². The van der Waals surface area contributed by atoms with Crippen molar-refractivity contribution in [3.63, 3.8) is 0 Å². The maximum Gasteiger partial charge on any atom is 0.411 e. The van der Waals surface area contributed by atoms with Gasteiger partial charge in [0, 0.05) is 18.4 Å². The van der Waals surface area contributed by atoms with Crippen LogP contribution in [-0.4, -0.2) is 31.2 Å². The maximum absolute atomic E-state index is 11.7. The van der Waals surface area contributed by atoms with Gasteiger partial charge < -0.3 is 4.74 Å². The van der Waals surface area contributed by atoms with E-state index in [2.05, 4.69) is 4.74 Å². The summed E-state index contributed by atoms with van der Waals surface area (Å²) in [7, 11) is 0. The summed E-state index contributed by atoms with van der Waals surface area (Å²) in [5, 5.41) is 0. The molecular formula is C9H15Cl2F3O. The lowest BCUT2D eigenvalue weighted by Crippen LogP contribution is -2.22. The van der Waals surface area contributed by atoms with Crippen molar-refractivity contribution in [2.45, 2.75) is 25.9 Å². The van der Waals surface area contributed by atoms with Gasteiger partial charge in [-0.1, -0.05) is 6.92 Å². The smallest absolute Gasteiger partial charge is 0.372 e. The average molecular weight is 267 g/mol. The van der Waals surface area contributed by atoms with Crippen LogP contribution in [0.4, 0.5) is 13.2 Å². The van der Waals surface area contributed by atoms with Gasteiger partial charge in [0.1, 0.15) is 6.61 Å². The zero-order valence-electron chi connectivity index (χ0n) is 8.54. The SMILES string of the molecule is CC(CCl)(CCl)CCCOCC(F)(F)F. The van der Waals surface area contributed by atoms with E-state index in [1.807, 2.05) is 6.92 Å². The van der Waals surface area contributed by atoms with Crippen molar-refractivity contribution < 1.29 is 17.9 Å². The quantitative estimate of drug-likeness (QED) is 0.503. The molecule has 0 spiro atoms. The van der Waals surface area contributed by atoms with Crippen LogP contribution in [-0.2, 0) is 4.74 Å². The second-order valence-electron chi connectivity index (χ2n) is 3.85. The van der Waals surface area contributed by atoms with Crippen molar-refractivity contribution >= 4 is 23.2 Å². The first-order valence-electron chi connectivity index (χ1n) is 4.59. The Morgan fingerprint density at radius 3 is 2.07 bits per heavy atom. The maximum atomic E-state index is 11.7. The third-order valence-electron chi connectivity index (χ3n) is 1.98. The van der Waals surface area contributed by atoms with Crippen LogP contribution in [0.3, 0.4) is 0 Å². The Balaban J connectivity index is 3.54. The van der Waals surface area contributed by atoms with E-state index >= 15 is 0 Å². The number of hydrogen-bond acceptors (Lipinski definition) is 1. The Hall–Kier alpha value is 0.330. The zero-order valence-corrected chi connectivity index (χ0v) is 10.1. The molecule has 0 heterocycles. The van der Waals surface area contributed by atoms with Crippen molar-refractivity contribution in [1.82, 2.24) is 0 Å². The summed E-state index contributed by atoms with van der Waals surface area (Å²) < 4.78 is 39.5. The average Bonchev–Trinajstić information content (AvgIpc) is 2.15. The molecule has 0 N–H and O–H groups in total. The molecule has 0 atom stereocenters. The molecule has 0 saturated carbocycles. The van der Waals surface area contributed by atoms with Crippen molar-refractivity contribution in [2.24, 2.45) is 5.41 Å². The monoisotopic (exact) mass is 266 g/mol. The normalized spacial score (nSPS) is 13.2. The summed E-state index contributed by atoms with van der Waals surface area (Å²) in [6, 6.07) is 0. The molecular weight excluding hydrogens is 252 g/mol. The van der Waals surface area contributed by atoms with Crippen LogP contribution in [0, 0.1) is 5.41 Å². The molecule has 0 aliphatic heterocycles. The van der Waals surface area contributed by atoms with Crippen LogP contribution < -0.4 is 0 Å². The second kappa shape index (κ2) is 6.81. The van der Waals surface area contributed by atoms with E-state index in [-0.39, 0.29) is 12.0 Å². The Bertz CT molecular complexity index is 169. The number of alkyl halides is 5. The lowest BCUT2D eigenvalue weighted by molar-refractivity contribution is -0.174. The van der Waals surface area contributed by atoms with E-state index in [9.17, 15) is 13.2 Å². The molecule has 92 valence electrons. The van der Waals surface area contributed by atoms with Gasteiger partial charge in [0.25, 0.3) is 0 Å². The fourth-order valence-electron chi connectivity index (χ4n) is 0.958. The third kappa shape index (κ3) is 8.17. The molecule has 0 aromatic carbocycles. The largest absolute Gasteiger partial charge is 0.411 e. The third-order valence-corrected chi connectivity index (χ3v) is 3.27. The van der Waals surface area contributed by atoms with Crippen molar-refractivity contribution in [1.29, 1.82) is 0 Å². The highest BCUT2D eigenvalue weighted by Gasteiger charge is 2.27. The van der Waals surface area contributed by atoms with Crippen LogP contribution in [0.5, 0.6) is 0 Å². The molecule has 15 heavy (non-hydrogen) atoms. The molecule has 0 aromatic rings. The van der Waals surface area contributed by atoms with Crippen LogP contribution in [0.1, 0.15) is 19.8 Å². The number of rotatable bonds is 7. The first-order valence-corrected chi connectivity index (χ1v) is 5.66. The number of hydrogen-bond donors (Lipinski definition) is 0. The fraction of sp³-hybridized carbons (Fsp3) is 1.00. The summed E-state index contributed by atoms with van der Waals surface area (Å²) in [4.78, 5) is 0. The van der Waals surface area contributed by atoms with Gasteiger partial charge in [-0.3, -0.25) is 0 Å². The summed E-state index contributed by atoms with van der Waals surface area (Å²) in [6.07, 6.45) is -3.05. The minimum absolute atomic E-state index is 0.0862. The van der Waals surface area contributed by atoms with Gasteiger partial charge in [-0.2, -0.15) is 13.2 Å². The zero-order chi connectivity index (χ0) is 11.9. The summed E-state index contributed by atoms with van der Waals surface area (Å²) in [5.74, 6) is 0.797. The molecule has 0 rings (SSSR count). The molecule has 1 nitrogen and oxygen atoms in total. The lowest BCUT2D eigenvalue weighted by atomic mass is 9.90. The van der Waals surface area contributed by atoms with Crippen LogP contribution in [0.25, 0.3) is 0 Å². The van der Waals surface area contributed by atoms with Crippen LogP contribution >= 0.6 is 23.2 Å². The van der Waals surface area contributed by atoms with Crippen LogP contribution in [0.2, 0.25) is 0 Å². The second-order valence-corrected chi connectivity index (χ2v) is 4.38. The highest BCUT2D eigenvalue weighted by atomic mass is 35.5. The Morgan fingerprint density at radius 2 is 1.67 bits per heavy atom. The molecule has 0 unspecified atom stereocenters. The van der Waals surface area contributed by atoms with E-state index in [0.29, 0.717) is 24.6 Å². The Morgan fingerprint density at radius 1 is 1.13 bits per heavy atom. The first-order chi connectivity index (χ1) is 6.83. The van der Waals surface area contributed by atoms with E-state index in [4.69, 9.17) is 23.2 Å². The number of ether oxygens (including phenoxy) is 1. The lowest BCUT2D eigenvalue weighted by Gasteiger charge is -2.23. The van der Waals surface area contributed by atoms with Gasteiger partial charge in [-0.05, 0) is 18.3 Å². The molecule has 0 amide bonds. The van der Waals surface area contributed by atoms with E-state index in [1.54, 1.807) is 0 Å². The molecule has 0 bridgehead atoms. The van der Waals surface area contributed by atoms with Crippen LogP contribution in [0.15, 0.2) is 0 Å². The van der Waals surface area contributed by atoms with Crippen molar-refractivity contribution in [2.75, 3.05) is 25.0 Å². The van der Waals surface area contributed by atoms with Gasteiger partial charge in [-0.25, -0.2) is 0 Å². The van der Waals surface area contributed by atoms with E-state index in [0.717, 1.165) is 0 Å². The predicted octanol–water partition coefficient (Wildman–Crippen LogP) is 3.83. The predicted molar refractivity (Wildman–Crippen MR) is 55.7 cm³/mol. The molecule has 0 aliphatic rings. The van der Waals surface area contributed by atoms with Crippen molar-refractivity contribution in [3.05, 3.63) is 0 Å². The topological polar surface area (TPSA) is 9.23 Å². The summed E-state index contributed by atoms with van der Waals surface area (Å²) >= 11 is 11.4. The molecule has 0 aliphatic carbocycles. The van der Waals surface area contributed by atoms with E-state index < -0.39 is 12.8 Å². The Kier molecular flexibility index (Phi) is 6.96. The first kappa shape index (κ1) is 15.3. The molecule has 0 fully saturated rings. The molecule has 0 radical (unpaired) electrons. The summed E-state index contributed by atoms with van der Waals surface area (Å²) in [6.45, 7) is 0.797. The molecule has 0 saturated heterocycles. The minimum Gasteiger partial charge on any atom is -0.372 e. The van der Waals surface area contributed by atoms with Gasteiger partial charge in [0.2, 0.25) is 0 Å². The molecule has 0 aromatic heterocycles.